The molecule has 1 unspecified atom stereocenters. The Hall–Kier alpha value is -0.0562. The van der Waals surface area contributed by atoms with Crippen LogP contribution in [0, 0.1) is 6.92 Å². The minimum Gasteiger partial charge on any atom is -0.124 e. The van der Waals surface area contributed by atoms with Gasteiger partial charge in [0.1, 0.15) is 0 Å². The fourth-order valence-electron chi connectivity index (χ4n) is 1.81. The molecule has 0 aliphatic carbocycles. The molecule has 16 heavy (non-hydrogen) atoms. The van der Waals surface area contributed by atoms with Gasteiger partial charge < -0.3 is 0 Å². The Bertz CT molecular complexity index is 353. The Morgan fingerprint density at radius 3 is 2.38 bits per heavy atom. The smallest absolute Gasteiger partial charge is 0.0775 e. The molecule has 1 atom stereocenters. The van der Waals surface area contributed by atoms with Crippen molar-refractivity contribution in [3.05, 3.63) is 23.8 Å². The molecule has 0 aliphatic heterocycles. The summed E-state index contributed by atoms with van der Waals surface area (Å²) in [4.78, 5) is 0. The first kappa shape index (κ1) is 14.0. The monoisotopic (exact) mass is 270 g/mol. The fourth-order valence-corrected chi connectivity index (χ4v) is 5.18. The summed E-state index contributed by atoms with van der Waals surface area (Å²) in [6.07, 6.45) is 0. The molecule has 0 spiro atoms. The van der Waals surface area contributed by atoms with Crippen molar-refractivity contribution in [3.63, 3.8) is 0 Å². The summed E-state index contributed by atoms with van der Waals surface area (Å²) >= 11 is 6.04. The second kappa shape index (κ2) is 5.52. The normalized spacial score (nSPS) is 14.6. The van der Waals surface area contributed by atoms with Gasteiger partial charge in [-0.2, -0.15) is 0 Å². The van der Waals surface area contributed by atoms with Gasteiger partial charge in [0, 0.05) is 5.38 Å². The van der Waals surface area contributed by atoms with E-state index in [0.29, 0.717) is 5.38 Å². The van der Waals surface area contributed by atoms with E-state index in [1.165, 1.54) is 11.6 Å². The van der Waals surface area contributed by atoms with Gasteiger partial charge in [-0.25, -0.2) is 0 Å². The van der Waals surface area contributed by atoms with Crippen molar-refractivity contribution < 1.29 is 0 Å². The minimum atomic E-state index is -1.16. The van der Waals surface area contributed by atoms with Gasteiger partial charge in [0.2, 0.25) is 0 Å². The van der Waals surface area contributed by atoms with Gasteiger partial charge in [0.05, 0.1) is 17.6 Å². The van der Waals surface area contributed by atoms with Crippen LogP contribution in [0.1, 0.15) is 12.5 Å². The summed E-state index contributed by atoms with van der Waals surface area (Å²) in [6, 6.07) is 8.38. The zero-order chi connectivity index (χ0) is 12.3. The molecule has 0 aliphatic rings. The van der Waals surface area contributed by atoms with Gasteiger partial charge in [-0.15, -0.1) is 11.6 Å². The third kappa shape index (κ3) is 4.44. The van der Waals surface area contributed by atoms with Crippen LogP contribution < -0.4 is 10.4 Å². The highest BCUT2D eigenvalue weighted by molar-refractivity contribution is 6.89. The maximum Gasteiger partial charge on any atom is 0.0775 e. The zero-order valence-corrected chi connectivity index (χ0v) is 14.3. The van der Waals surface area contributed by atoms with E-state index in [0.717, 1.165) is 0 Å². The van der Waals surface area contributed by atoms with Crippen LogP contribution in [0.3, 0.4) is 0 Å². The molecule has 1 aromatic rings. The maximum absolute atomic E-state index is 6.04. The van der Waals surface area contributed by atoms with Crippen LogP contribution in [0.5, 0.6) is 0 Å². The van der Waals surface area contributed by atoms with E-state index >= 15 is 0 Å². The van der Waals surface area contributed by atoms with Crippen molar-refractivity contribution in [2.75, 3.05) is 0 Å². The Labute approximate surface area is 108 Å². The van der Waals surface area contributed by atoms with Crippen LogP contribution in [0.15, 0.2) is 18.2 Å². The van der Waals surface area contributed by atoms with E-state index in [9.17, 15) is 0 Å². The molecule has 0 aromatic heterocycles. The summed E-state index contributed by atoms with van der Waals surface area (Å²) in [5.41, 5.74) is 1.42. The molecule has 0 amide bonds. The molecule has 1 rings (SSSR count). The van der Waals surface area contributed by atoms with Crippen molar-refractivity contribution in [2.45, 2.75) is 44.9 Å². The molecule has 3 heteroatoms. The first-order chi connectivity index (χ1) is 7.29. The predicted molar refractivity (Wildman–Crippen MR) is 82.5 cm³/mol. The molecule has 0 nitrogen and oxygen atoms in total. The molecule has 0 radical (unpaired) electrons. The number of halogens is 1. The Morgan fingerprint density at radius 1 is 1.25 bits per heavy atom. The van der Waals surface area contributed by atoms with Gasteiger partial charge in [-0.3, -0.25) is 0 Å². The lowest BCUT2D eigenvalue weighted by Gasteiger charge is -2.19. The summed E-state index contributed by atoms with van der Waals surface area (Å²) in [5.74, 6) is 0. The topological polar surface area (TPSA) is 0 Å². The lowest BCUT2D eigenvalue weighted by atomic mass is 10.2. The molecule has 0 heterocycles. The Balaban J connectivity index is 2.90. The summed E-state index contributed by atoms with van der Waals surface area (Å²) in [6.45, 7) is 11.6. The lowest BCUT2D eigenvalue weighted by molar-refractivity contribution is 1.09. The molecule has 90 valence electrons. The van der Waals surface area contributed by atoms with Crippen LogP contribution in [-0.4, -0.2) is 23.0 Å². The van der Waals surface area contributed by atoms with Crippen molar-refractivity contribution in [1.82, 2.24) is 0 Å². The van der Waals surface area contributed by atoms with Crippen molar-refractivity contribution >= 4 is 39.6 Å². The highest BCUT2D eigenvalue weighted by atomic mass is 35.5. The SMILES string of the molecule is Cc1cc([SiH2]CC(C)Cl)cc([Si](C)(C)C)c1. The van der Waals surface area contributed by atoms with E-state index in [2.05, 4.69) is 51.7 Å². The van der Waals surface area contributed by atoms with E-state index in [1.54, 1.807) is 10.4 Å². The molecule has 1 aromatic carbocycles. The van der Waals surface area contributed by atoms with E-state index in [1.807, 2.05) is 0 Å². The first-order valence-corrected chi connectivity index (χ1v) is 11.7. The second-order valence-electron chi connectivity index (χ2n) is 5.78. The number of rotatable bonds is 4. The highest BCUT2D eigenvalue weighted by Crippen LogP contribution is 2.04. The van der Waals surface area contributed by atoms with Gasteiger partial charge >= 0.3 is 0 Å². The molecule has 0 bridgehead atoms. The number of aryl methyl sites for hydroxylation is 1. The molecular weight excluding hydrogens is 248 g/mol. The lowest BCUT2D eigenvalue weighted by Crippen LogP contribution is -2.40. The van der Waals surface area contributed by atoms with Crippen molar-refractivity contribution in [3.8, 4) is 0 Å². The molecular formula is C13H23ClSi2. The molecule has 0 saturated heterocycles. The third-order valence-corrected chi connectivity index (χ3v) is 7.58. The number of hydrogen-bond donors (Lipinski definition) is 0. The minimum absolute atomic E-state index is 0.169. The van der Waals surface area contributed by atoms with E-state index < -0.39 is 8.07 Å². The summed E-state index contributed by atoms with van der Waals surface area (Å²) < 4.78 is 0. The van der Waals surface area contributed by atoms with E-state index in [-0.39, 0.29) is 9.52 Å². The highest BCUT2D eigenvalue weighted by Gasteiger charge is 2.17. The van der Waals surface area contributed by atoms with Crippen LogP contribution >= 0.6 is 11.6 Å². The molecule has 0 fully saturated rings. The number of alkyl halides is 1. The Kier molecular flexibility index (Phi) is 4.83. The number of hydrogen-bond acceptors (Lipinski definition) is 0. The van der Waals surface area contributed by atoms with Crippen LogP contribution in [-0.2, 0) is 0 Å². The van der Waals surface area contributed by atoms with Crippen molar-refractivity contribution in [2.24, 2.45) is 0 Å². The standard InChI is InChI=1S/C13H23ClSi2/c1-10-6-12(15-9-11(2)14)8-13(7-10)16(3,4)5/h6-8,11H,9,15H2,1-5H3. The second-order valence-corrected chi connectivity index (χ2v) is 13.5. The predicted octanol–water partition coefficient (Wildman–Crippen LogP) is 2.38. The average Bonchev–Trinajstić information content (AvgIpc) is 2.12. The molecule has 0 saturated carbocycles. The van der Waals surface area contributed by atoms with Crippen LogP contribution in [0.25, 0.3) is 0 Å². The number of benzene rings is 1. The molecule has 0 N–H and O–H groups in total. The fraction of sp³-hybridized carbons (Fsp3) is 0.538. The summed E-state index contributed by atoms with van der Waals surface area (Å²) in [5, 5.41) is 3.52. The quantitative estimate of drug-likeness (QED) is 0.582. The van der Waals surface area contributed by atoms with Crippen molar-refractivity contribution in [1.29, 1.82) is 0 Å². The summed E-state index contributed by atoms with van der Waals surface area (Å²) in [7, 11) is -1.33. The van der Waals surface area contributed by atoms with Crippen LogP contribution in [0.4, 0.5) is 0 Å². The maximum atomic E-state index is 6.04. The third-order valence-electron chi connectivity index (χ3n) is 2.83. The van der Waals surface area contributed by atoms with Gasteiger partial charge in [-0.05, 0) is 19.9 Å². The van der Waals surface area contributed by atoms with Gasteiger partial charge in [0.25, 0.3) is 0 Å². The first-order valence-electron chi connectivity index (χ1n) is 6.04. The van der Waals surface area contributed by atoms with Crippen LogP contribution in [0.2, 0.25) is 25.7 Å². The Morgan fingerprint density at radius 2 is 1.88 bits per heavy atom. The van der Waals surface area contributed by atoms with E-state index in [4.69, 9.17) is 11.6 Å². The zero-order valence-electron chi connectivity index (χ0n) is 11.1. The van der Waals surface area contributed by atoms with Gasteiger partial charge in [-0.1, -0.05) is 53.8 Å². The largest absolute Gasteiger partial charge is 0.124 e. The van der Waals surface area contributed by atoms with Gasteiger partial charge in [0.15, 0.2) is 0 Å². The average molecular weight is 271 g/mol.